The Morgan fingerprint density at radius 2 is 0.478 bits per heavy atom. The molecule has 0 amide bonds. The van der Waals surface area contributed by atoms with Gasteiger partial charge < -0.3 is 24.8 Å². The van der Waals surface area contributed by atoms with Gasteiger partial charge in [0.2, 0.25) is 0 Å². The number of hydrogen-bond donors (Lipinski definition) is 0. The minimum absolute atomic E-state index is 0. The second-order valence-corrected chi connectivity index (χ2v) is 29.5. The van der Waals surface area contributed by atoms with Gasteiger partial charge in [-0.2, -0.15) is 35.0 Å². The van der Waals surface area contributed by atoms with Crippen LogP contribution in [0.1, 0.15) is 128 Å². The van der Waals surface area contributed by atoms with Gasteiger partial charge in [-0.25, -0.2) is 0 Å². The maximum Gasteiger partial charge on any atom is -0.0809 e. The number of benzene rings is 10. The fourth-order valence-corrected chi connectivity index (χ4v) is 12.4. The van der Waals surface area contributed by atoms with E-state index in [1.54, 1.807) is 0 Å². The molecule has 90 heavy (non-hydrogen) atoms. The van der Waals surface area contributed by atoms with E-state index in [9.17, 15) is 0 Å². The van der Waals surface area contributed by atoms with Crippen LogP contribution in [0.25, 0.3) is 64.6 Å². The van der Waals surface area contributed by atoms with Gasteiger partial charge in [-0.3, -0.25) is 0 Å². The van der Waals surface area contributed by atoms with Crippen LogP contribution >= 0.6 is 0 Å². The summed E-state index contributed by atoms with van der Waals surface area (Å²) in [7, 11) is 0. The van der Waals surface area contributed by atoms with Gasteiger partial charge in [0.15, 0.2) is 0 Å². The maximum atomic E-state index is 2.35. The van der Waals surface area contributed by atoms with Crippen LogP contribution in [0.15, 0.2) is 291 Å². The van der Waals surface area contributed by atoms with Gasteiger partial charge in [-0.1, -0.05) is 166 Å². The molecule has 0 nitrogen and oxygen atoms in total. The van der Waals surface area contributed by atoms with Crippen molar-refractivity contribution in [1.29, 1.82) is 0 Å². The van der Waals surface area contributed by atoms with Crippen LogP contribution < -0.4 is 24.8 Å². The Labute approximate surface area is 579 Å². The van der Waals surface area contributed by atoms with Crippen molar-refractivity contribution in [2.24, 2.45) is 0 Å². The van der Waals surface area contributed by atoms with Gasteiger partial charge in [0.25, 0.3) is 0 Å². The summed E-state index contributed by atoms with van der Waals surface area (Å²) in [6.07, 6.45) is 0. The Bertz CT molecular complexity index is 3970. The topological polar surface area (TPSA) is 0 Å². The molecule has 0 aliphatic heterocycles. The molecule has 452 valence electrons. The molecule has 0 saturated carbocycles. The molecule has 14 rings (SSSR count). The predicted octanol–water partition coefficient (Wildman–Crippen LogP) is 17.3. The maximum absolute atomic E-state index is 2.35. The van der Waals surface area contributed by atoms with Crippen molar-refractivity contribution in [2.75, 3.05) is 0 Å². The molecule has 4 heteroatoms. The average molecular weight is 1370 g/mol. The van der Waals surface area contributed by atoms with Gasteiger partial charge in [0.05, 0.1) is 0 Å². The summed E-state index contributed by atoms with van der Waals surface area (Å²) in [4.78, 5) is 0. The Kier molecular flexibility index (Phi) is 24.8. The minimum Gasteiger partial charge on any atom is -0.168 e. The molecule has 0 saturated heterocycles. The van der Waals surface area contributed by atoms with Gasteiger partial charge in [0, 0.05) is 0 Å². The zero-order chi connectivity index (χ0) is 62.6. The summed E-state index contributed by atoms with van der Waals surface area (Å²) in [6.45, 7) is 27.3. The van der Waals surface area contributed by atoms with Gasteiger partial charge in [-0.05, 0) is 21.7 Å². The molecule has 0 radical (unpaired) electrons. The van der Waals surface area contributed by atoms with E-state index < -0.39 is 0 Å². The van der Waals surface area contributed by atoms with Gasteiger partial charge >= 0.3 is 198 Å². The fraction of sp³-hybridized carbons (Fsp3) is 0.186. The smallest absolute Gasteiger partial charge is 0.0809 e. The molecule has 0 unspecified atom stereocenters. The molecule has 0 atom stereocenters. The molecule has 0 N–H and O–H groups in total. The number of fused-ring (bicyclic) bond motifs is 8. The summed E-state index contributed by atoms with van der Waals surface area (Å²) >= 11 is 2.92. The second-order valence-electron chi connectivity index (χ2n) is 27.0. The minimum atomic E-state index is 0. The van der Waals surface area contributed by atoms with Crippen molar-refractivity contribution in [3.8, 4) is 0 Å². The molecular weight excluding hydrogens is 1290 g/mol. The molecule has 14 aromatic carbocycles. The third kappa shape index (κ3) is 18.7. The van der Waals surface area contributed by atoms with Crippen molar-refractivity contribution in [2.45, 2.75) is 105 Å². The standard InChI is InChI=1S/2C21H25.2C13H10.2C9H7.2ClH.2Zr/c2*1-20(2,3)16-7-9-18-14(12-16)11-15-13-17(21(4,5)6)8-10-19(15)18;2*1-3-7-12(8-4-1)11-13-9-5-2-6-10-13;2*1-2-5-9-7-3-6-8(9)4-1;;;;/h2*7-13H,1-6H3;2*1-10H;2*1-7H;2*1H;;/q2*-1;;;2*-1;;;2*+2/p-2. The second kappa shape index (κ2) is 31.5. The Balaban J connectivity index is 0.000000157. The SMILES string of the molecule is CC(C)(C)c1ccc2c(c1)[cH-]c1cc(C(C)(C)C)ccc12.CC(C)(C)c1ccc2c(c1)[cH-]c1cc(C(C)(C)C)ccc12.[Cl-].[Cl-].[Zr+2]=[C](c1ccccc1)c1ccccc1.[Zr+2]=[C](c1ccccc1)c1ccccc1.c1ccc2[cH-]ccc2c1.c1ccc2[cH-]ccc2c1. The Hall–Kier alpha value is -6.75. The number of rotatable bonds is 4. The molecular formula is C86H84Cl2Zr2-2. The average Bonchev–Trinajstić information content (AvgIpc) is 1.71. The molecule has 0 aliphatic carbocycles. The van der Waals surface area contributed by atoms with Crippen LogP contribution in [0.5, 0.6) is 0 Å². The summed E-state index contributed by atoms with van der Waals surface area (Å²) in [5.74, 6) is 0. The molecule has 0 bridgehead atoms. The summed E-state index contributed by atoms with van der Waals surface area (Å²) in [5.41, 5.74) is 11.7. The van der Waals surface area contributed by atoms with Gasteiger partial charge in [-0.15, -0.1) is 139 Å². The van der Waals surface area contributed by atoms with E-state index in [0.717, 1.165) is 0 Å². The quantitative estimate of drug-likeness (QED) is 0.154. The molecule has 0 heterocycles. The van der Waals surface area contributed by atoms with Crippen LogP contribution in [-0.4, -0.2) is 6.41 Å². The third-order valence-electron chi connectivity index (χ3n) is 16.2. The third-order valence-corrected chi connectivity index (χ3v) is 19.1. The van der Waals surface area contributed by atoms with E-state index in [4.69, 9.17) is 0 Å². The van der Waals surface area contributed by atoms with Crippen molar-refractivity contribution >= 4 is 71.0 Å². The predicted molar refractivity (Wildman–Crippen MR) is 380 cm³/mol. The van der Waals surface area contributed by atoms with E-state index in [0.29, 0.717) is 0 Å². The summed E-state index contributed by atoms with van der Waals surface area (Å²) < 4.78 is 2.83. The number of hydrogen-bond acceptors (Lipinski definition) is 0. The van der Waals surface area contributed by atoms with Gasteiger partial charge in [0.1, 0.15) is 0 Å². The van der Waals surface area contributed by atoms with E-state index in [2.05, 4.69) is 374 Å². The zero-order valence-corrected chi connectivity index (χ0v) is 60.9. The first-order chi connectivity index (χ1) is 42.0. The van der Waals surface area contributed by atoms with Crippen molar-refractivity contribution in [3.63, 3.8) is 0 Å². The molecule has 14 aromatic rings. The Morgan fingerprint density at radius 1 is 0.256 bits per heavy atom. The first-order valence-electron chi connectivity index (χ1n) is 30.9. The van der Waals surface area contributed by atoms with E-state index in [1.807, 2.05) is 0 Å². The van der Waals surface area contributed by atoms with E-state index in [1.165, 1.54) is 164 Å². The van der Waals surface area contributed by atoms with Crippen LogP contribution in [0.2, 0.25) is 0 Å². The van der Waals surface area contributed by atoms with Crippen molar-refractivity contribution < 1.29 is 73.3 Å². The largest absolute Gasteiger partial charge is 0.168 e. The summed E-state index contributed by atoms with van der Waals surface area (Å²) in [6, 6.07) is 104. The molecule has 0 fully saturated rings. The first kappa shape index (κ1) is 70.7. The van der Waals surface area contributed by atoms with Crippen LogP contribution in [0.4, 0.5) is 0 Å². The molecule has 0 aromatic heterocycles. The van der Waals surface area contributed by atoms with Crippen LogP contribution in [-0.2, 0) is 70.1 Å². The zero-order valence-electron chi connectivity index (χ0n) is 54.5. The first-order valence-corrected chi connectivity index (χ1v) is 33.4. The normalized spacial score (nSPS) is 11.3. The monoisotopic (exact) mass is 1370 g/mol. The fourth-order valence-electron chi connectivity index (χ4n) is 10.8. The molecule has 0 aliphatic rings. The van der Waals surface area contributed by atoms with E-state index in [-0.39, 0.29) is 46.5 Å². The number of halogens is 2. The van der Waals surface area contributed by atoms with Crippen LogP contribution in [0.3, 0.4) is 0 Å². The van der Waals surface area contributed by atoms with E-state index >= 15 is 0 Å². The van der Waals surface area contributed by atoms with Crippen molar-refractivity contribution in [3.05, 3.63) is 336 Å². The Morgan fingerprint density at radius 3 is 0.700 bits per heavy atom. The molecule has 0 spiro atoms. The van der Waals surface area contributed by atoms with Crippen molar-refractivity contribution in [1.82, 2.24) is 0 Å². The summed E-state index contributed by atoms with van der Waals surface area (Å²) in [5, 5.41) is 16.3. The van der Waals surface area contributed by atoms with Crippen LogP contribution in [0, 0.1) is 0 Å².